The summed E-state index contributed by atoms with van der Waals surface area (Å²) in [5.74, 6) is 0.782. The van der Waals surface area contributed by atoms with Crippen LogP contribution >= 0.6 is 35.2 Å². The first-order valence-electron chi connectivity index (χ1n) is 21.7. The van der Waals surface area contributed by atoms with Gasteiger partial charge >= 0.3 is 0 Å². The Labute approximate surface area is 309 Å². The van der Waals surface area contributed by atoms with E-state index >= 15 is 0 Å². The molecular weight excluding hydrogens is 687 g/mol. The molecule has 0 aliphatic heterocycles. The van der Waals surface area contributed by atoms with E-state index in [1.807, 2.05) is 0 Å². The minimum atomic E-state index is 0.154. The van der Waals surface area contributed by atoms with Crippen LogP contribution in [-0.2, 0) is 0 Å². The summed E-state index contributed by atoms with van der Waals surface area (Å²) >= 11 is 9.51. The van der Waals surface area contributed by atoms with Crippen molar-refractivity contribution in [3.05, 3.63) is 0 Å². The van der Waals surface area contributed by atoms with Gasteiger partial charge in [-0.25, -0.2) is 0 Å². The van der Waals surface area contributed by atoms with Crippen molar-refractivity contribution >= 4 is 35.2 Å². The molecule has 0 nitrogen and oxygen atoms in total. The van der Waals surface area contributed by atoms with Crippen LogP contribution < -0.4 is 0 Å². The maximum atomic E-state index is 6.32. The van der Waals surface area contributed by atoms with Crippen LogP contribution in [0.15, 0.2) is 0 Å². The number of hydrogen-bond donors (Lipinski definition) is 1. The summed E-state index contributed by atoms with van der Waals surface area (Å²) in [4.78, 5) is 0. The smallest absolute Gasteiger partial charge is 0.0320 e. The van der Waals surface area contributed by atoms with Crippen LogP contribution in [-0.4, -0.2) is 8.17 Å². The van der Waals surface area contributed by atoms with Gasteiger partial charge in [0.1, 0.15) is 0 Å². The molecule has 0 N–H and O–H groups in total. The van der Waals surface area contributed by atoms with Gasteiger partial charge in [0, 0.05) is 8.17 Å². The normalized spacial score (nSPS) is 39.7. The molecule has 4 rings (SSSR count). The Morgan fingerprint density at radius 1 is 0.435 bits per heavy atom. The summed E-state index contributed by atoms with van der Waals surface area (Å²) < 4.78 is 0.497. The second kappa shape index (κ2) is 19.6. The molecule has 2 bridgehead atoms. The third-order valence-corrected chi connectivity index (χ3v) is 18.6. The molecular formula is C44H81IS. The quantitative estimate of drug-likeness (QED) is 0.153. The van der Waals surface area contributed by atoms with E-state index in [0.29, 0.717) is 19.7 Å². The Morgan fingerprint density at radius 3 is 1.20 bits per heavy atom. The third kappa shape index (κ3) is 9.29. The van der Waals surface area contributed by atoms with Gasteiger partial charge in [-0.2, -0.15) is 12.6 Å². The van der Waals surface area contributed by atoms with Crippen molar-refractivity contribution in [3.63, 3.8) is 0 Å². The van der Waals surface area contributed by atoms with Crippen molar-refractivity contribution in [2.24, 2.45) is 22.2 Å². The lowest BCUT2D eigenvalue weighted by molar-refractivity contribution is -0.107. The fraction of sp³-hybridized carbons (Fsp3) is 1.00. The predicted molar refractivity (Wildman–Crippen MR) is 218 cm³/mol. The number of fused-ring (bicyclic) bond motifs is 5. The van der Waals surface area contributed by atoms with Crippen molar-refractivity contribution in [1.82, 2.24) is 0 Å². The van der Waals surface area contributed by atoms with Gasteiger partial charge in [0.25, 0.3) is 0 Å². The predicted octanol–water partition coefficient (Wildman–Crippen LogP) is 16.2. The molecule has 0 spiro atoms. The van der Waals surface area contributed by atoms with E-state index in [1.165, 1.54) is 225 Å². The Kier molecular flexibility index (Phi) is 17.0. The molecule has 0 aromatic heterocycles. The van der Waals surface area contributed by atoms with Crippen molar-refractivity contribution in [2.75, 3.05) is 0 Å². The topological polar surface area (TPSA) is 0 Å². The van der Waals surface area contributed by atoms with Crippen molar-refractivity contribution < 1.29 is 0 Å². The molecule has 270 valence electrons. The van der Waals surface area contributed by atoms with Crippen LogP contribution in [0, 0.1) is 22.2 Å². The number of hydrogen-bond acceptors (Lipinski definition) is 1. The van der Waals surface area contributed by atoms with Crippen molar-refractivity contribution in [2.45, 2.75) is 254 Å². The zero-order chi connectivity index (χ0) is 32.8. The van der Waals surface area contributed by atoms with Crippen LogP contribution in [0.2, 0.25) is 0 Å². The molecule has 4 saturated carbocycles. The third-order valence-electron chi connectivity index (χ3n) is 15.2. The monoisotopic (exact) mass is 769 g/mol. The van der Waals surface area contributed by atoms with Crippen LogP contribution in [0.25, 0.3) is 0 Å². The van der Waals surface area contributed by atoms with E-state index in [-0.39, 0.29) is 4.75 Å². The average Bonchev–Trinajstić information content (AvgIpc) is 3.18. The van der Waals surface area contributed by atoms with Crippen LogP contribution in [0.3, 0.4) is 0 Å². The molecule has 0 aromatic rings. The Bertz CT molecular complexity index is 830. The van der Waals surface area contributed by atoms with Crippen molar-refractivity contribution in [3.8, 4) is 0 Å². The van der Waals surface area contributed by atoms with E-state index in [2.05, 4.69) is 43.4 Å². The van der Waals surface area contributed by atoms with Gasteiger partial charge in [-0.05, 0) is 67.1 Å². The molecule has 5 unspecified atom stereocenters. The lowest BCUT2D eigenvalue weighted by Gasteiger charge is -2.64. The van der Waals surface area contributed by atoms with E-state index in [4.69, 9.17) is 12.6 Å². The van der Waals surface area contributed by atoms with E-state index in [0.717, 1.165) is 5.92 Å². The van der Waals surface area contributed by atoms with Gasteiger partial charge in [0.05, 0.1) is 0 Å². The second-order valence-corrected chi connectivity index (χ2v) is 21.0. The van der Waals surface area contributed by atoms with Crippen LogP contribution in [0.5, 0.6) is 0 Å². The highest BCUT2D eigenvalue weighted by atomic mass is 127. The highest BCUT2D eigenvalue weighted by Gasteiger charge is 2.77. The molecule has 0 aromatic carbocycles. The molecule has 0 heterocycles. The molecule has 0 amide bonds. The van der Waals surface area contributed by atoms with Gasteiger partial charge in [0.15, 0.2) is 0 Å². The van der Waals surface area contributed by atoms with Gasteiger partial charge in [-0.15, -0.1) is 0 Å². The highest BCUT2D eigenvalue weighted by Crippen LogP contribution is 2.80. The molecule has 4 aliphatic rings. The molecule has 4 fully saturated rings. The first-order valence-corrected chi connectivity index (χ1v) is 23.2. The van der Waals surface area contributed by atoms with E-state index in [1.54, 1.807) is 0 Å². The van der Waals surface area contributed by atoms with Gasteiger partial charge < -0.3 is 0 Å². The zero-order valence-corrected chi connectivity index (χ0v) is 34.7. The molecule has 0 radical (unpaired) electrons. The van der Waals surface area contributed by atoms with E-state index < -0.39 is 0 Å². The Morgan fingerprint density at radius 2 is 0.761 bits per heavy atom. The fourth-order valence-electron chi connectivity index (χ4n) is 12.6. The summed E-state index contributed by atoms with van der Waals surface area (Å²) in [6.45, 7) is 8.56. The first kappa shape index (κ1) is 39.9. The van der Waals surface area contributed by atoms with Crippen LogP contribution in [0.1, 0.15) is 245 Å². The number of halogens is 1. The van der Waals surface area contributed by atoms with Gasteiger partial charge in [0.2, 0.25) is 0 Å². The van der Waals surface area contributed by atoms with E-state index in [9.17, 15) is 0 Å². The zero-order valence-electron chi connectivity index (χ0n) is 31.7. The summed E-state index contributed by atoms with van der Waals surface area (Å²) in [6, 6.07) is 0. The number of alkyl halides is 1. The lowest BCUT2D eigenvalue weighted by atomic mass is 9.43. The molecule has 2 heteroatoms. The van der Waals surface area contributed by atoms with Crippen LogP contribution in [0.4, 0.5) is 0 Å². The SMILES string of the molecule is CC1CCCCCCCCCCCCC2(S)CC1(I)C1(C)CCCCCCCCCCCCCC21C1(C)CCCCCCCCC1. The summed E-state index contributed by atoms with van der Waals surface area (Å²) in [5, 5.41) is 0. The Balaban J connectivity index is 1.85. The Hall–Kier alpha value is 1.08. The summed E-state index contributed by atoms with van der Waals surface area (Å²) in [7, 11) is 0. The number of thiol groups is 1. The molecule has 0 saturated heterocycles. The molecule has 5 atom stereocenters. The fourth-order valence-corrected chi connectivity index (χ4v) is 15.6. The molecule has 46 heavy (non-hydrogen) atoms. The maximum absolute atomic E-state index is 6.32. The average molecular weight is 769 g/mol. The highest BCUT2D eigenvalue weighted by molar-refractivity contribution is 14.1. The second-order valence-electron chi connectivity index (χ2n) is 18.2. The largest absolute Gasteiger partial charge is 0.172 e. The maximum Gasteiger partial charge on any atom is 0.0320 e. The standard InChI is InChI=1S/C44H81IS/c1-39-32-26-20-14-9-5-8-11-18-24-30-36-42(46)38-43(39,45)41(3)35-29-23-17-10-6-4-7-12-19-25-31-37-44(41,42)40(2)33-27-21-15-13-16-22-28-34-40/h39,46H,4-38H2,1-3H3. The minimum absolute atomic E-state index is 0.154. The minimum Gasteiger partial charge on any atom is -0.172 e. The van der Waals surface area contributed by atoms with Crippen molar-refractivity contribution in [1.29, 1.82) is 0 Å². The molecule has 4 aliphatic carbocycles. The summed E-state index contributed by atoms with van der Waals surface area (Å²) in [6.07, 6.45) is 51.0. The lowest BCUT2D eigenvalue weighted by Crippen LogP contribution is -2.61. The summed E-state index contributed by atoms with van der Waals surface area (Å²) in [5.41, 5.74) is 1.05. The van der Waals surface area contributed by atoms with Gasteiger partial charge in [-0.3, -0.25) is 0 Å². The van der Waals surface area contributed by atoms with Gasteiger partial charge in [-0.1, -0.05) is 223 Å². The first-order chi connectivity index (χ1) is 22.2. The number of rotatable bonds is 1.